The molecule has 3 aromatic rings. The minimum Gasteiger partial charge on any atom is -0.375 e. The van der Waals surface area contributed by atoms with Crippen molar-refractivity contribution < 1.29 is 0 Å². The molecule has 0 saturated carbocycles. The van der Waals surface area contributed by atoms with Crippen molar-refractivity contribution in [1.29, 1.82) is 0 Å². The van der Waals surface area contributed by atoms with E-state index in [2.05, 4.69) is 52.5 Å². The molecule has 3 nitrogen and oxygen atoms in total. The number of benzene rings is 1. The van der Waals surface area contributed by atoms with E-state index in [1.807, 2.05) is 12.3 Å². The molecule has 1 aromatic carbocycles. The van der Waals surface area contributed by atoms with E-state index in [1.165, 1.54) is 35.0 Å². The highest BCUT2D eigenvalue weighted by Gasteiger charge is 2.24. The Hall–Kier alpha value is -2.29. The lowest BCUT2D eigenvalue weighted by atomic mass is 9.91. The van der Waals surface area contributed by atoms with E-state index in [4.69, 9.17) is 0 Å². The molecule has 0 saturated heterocycles. The molecule has 2 N–H and O–H groups in total. The van der Waals surface area contributed by atoms with E-state index in [1.54, 1.807) is 0 Å². The van der Waals surface area contributed by atoms with Crippen LogP contribution >= 0.6 is 0 Å². The largest absolute Gasteiger partial charge is 0.375 e. The Morgan fingerprint density at radius 1 is 1.19 bits per heavy atom. The highest BCUT2D eigenvalue weighted by Crippen LogP contribution is 2.36. The average Bonchev–Trinajstić information content (AvgIpc) is 2.89. The van der Waals surface area contributed by atoms with Crippen LogP contribution in [0.1, 0.15) is 35.8 Å². The minimum atomic E-state index is 0.351. The van der Waals surface area contributed by atoms with Crippen molar-refractivity contribution >= 4 is 16.6 Å². The Bertz CT molecular complexity index is 788. The Morgan fingerprint density at radius 2 is 2.10 bits per heavy atom. The first-order valence-electron chi connectivity index (χ1n) is 7.60. The van der Waals surface area contributed by atoms with Crippen LogP contribution in [0.2, 0.25) is 0 Å². The summed E-state index contributed by atoms with van der Waals surface area (Å²) in [5.74, 6) is 0. The molecule has 1 aliphatic carbocycles. The molecule has 3 heteroatoms. The number of rotatable bonds is 2. The summed E-state index contributed by atoms with van der Waals surface area (Å²) < 4.78 is 0. The summed E-state index contributed by atoms with van der Waals surface area (Å²) in [6.45, 7) is 2.05. The Kier molecular flexibility index (Phi) is 2.92. The van der Waals surface area contributed by atoms with Gasteiger partial charge in [-0.3, -0.25) is 4.98 Å². The lowest BCUT2D eigenvalue weighted by molar-refractivity contribution is 0.592. The quantitative estimate of drug-likeness (QED) is 0.730. The van der Waals surface area contributed by atoms with Crippen molar-refractivity contribution in [2.45, 2.75) is 32.2 Å². The van der Waals surface area contributed by atoms with Crippen LogP contribution in [-0.2, 0) is 6.42 Å². The van der Waals surface area contributed by atoms with Crippen LogP contribution in [0.4, 0.5) is 5.69 Å². The van der Waals surface area contributed by atoms with Crippen LogP contribution in [0.15, 0.2) is 42.6 Å². The molecular weight excluding hydrogens is 258 g/mol. The van der Waals surface area contributed by atoms with Crippen LogP contribution in [0.5, 0.6) is 0 Å². The lowest BCUT2D eigenvalue weighted by Gasteiger charge is -2.25. The molecule has 0 aliphatic heterocycles. The number of anilines is 1. The number of hydrogen-bond acceptors (Lipinski definition) is 2. The molecule has 0 radical (unpaired) electrons. The van der Waals surface area contributed by atoms with Crippen molar-refractivity contribution in [2.75, 3.05) is 5.32 Å². The lowest BCUT2D eigenvalue weighted by Crippen LogP contribution is -2.17. The first-order valence-corrected chi connectivity index (χ1v) is 7.60. The summed E-state index contributed by atoms with van der Waals surface area (Å²) in [6.07, 6.45) is 5.40. The Morgan fingerprint density at radius 3 is 3.00 bits per heavy atom. The third-order valence-electron chi connectivity index (χ3n) is 4.45. The molecule has 0 spiro atoms. The number of aromatic amines is 1. The number of para-hydroxylation sites is 1. The fourth-order valence-electron chi connectivity index (χ4n) is 3.38. The third-order valence-corrected chi connectivity index (χ3v) is 4.45. The van der Waals surface area contributed by atoms with E-state index in [9.17, 15) is 0 Å². The highest BCUT2D eigenvalue weighted by atomic mass is 15.0. The summed E-state index contributed by atoms with van der Waals surface area (Å²) in [5.41, 5.74) is 6.27. The maximum atomic E-state index is 4.37. The number of aryl methyl sites for hydroxylation is 2. The van der Waals surface area contributed by atoms with E-state index < -0.39 is 0 Å². The van der Waals surface area contributed by atoms with Crippen LogP contribution in [0, 0.1) is 6.92 Å². The summed E-state index contributed by atoms with van der Waals surface area (Å²) in [7, 11) is 0. The molecule has 2 heterocycles. The van der Waals surface area contributed by atoms with Gasteiger partial charge in [0.1, 0.15) is 0 Å². The molecule has 0 fully saturated rings. The molecule has 0 bridgehead atoms. The van der Waals surface area contributed by atoms with Crippen molar-refractivity contribution in [2.24, 2.45) is 0 Å². The molecule has 106 valence electrons. The number of nitrogens with one attached hydrogen (secondary N) is 2. The topological polar surface area (TPSA) is 40.7 Å². The van der Waals surface area contributed by atoms with Gasteiger partial charge in [0.15, 0.2) is 0 Å². The van der Waals surface area contributed by atoms with Crippen molar-refractivity contribution in [3.05, 3.63) is 59.5 Å². The number of nitrogens with zero attached hydrogens (tertiary/aromatic N) is 1. The van der Waals surface area contributed by atoms with Crippen LogP contribution < -0.4 is 5.32 Å². The Balaban J connectivity index is 1.75. The molecule has 2 aromatic heterocycles. The molecule has 0 amide bonds. The molecule has 1 unspecified atom stereocenters. The van der Waals surface area contributed by atoms with Gasteiger partial charge in [-0.2, -0.15) is 0 Å². The molecule has 4 rings (SSSR count). The highest BCUT2D eigenvalue weighted by molar-refractivity contribution is 5.85. The van der Waals surface area contributed by atoms with Gasteiger partial charge >= 0.3 is 0 Å². The minimum absolute atomic E-state index is 0.351. The first-order chi connectivity index (χ1) is 10.3. The standard InChI is InChI=1S/C18H19N3/c1-12-15(10-5-11-19-12)20-17-9-4-7-14-13-6-2-3-8-16(13)21-18(14)17/h2-3,5-6,8,10-11,17,20-21H,4,7,9H2,1H3. The van der Waals surface area contributed by atoms with Gasteiger partial charge in [-0.25, -0.2) is 0 Å². The van der Waals surface area contributed by atoms with Crippen LogP contribution in [0.3, 0.4) is 0 Å². The van der Waals surface area contributed by atoms with E-state index >= 15 is 0 Å². The molecule has 1 atom stereocenters. The molecule has 21 heavy (non-hydrogen) atoms. The maximum absolute atomic E-state index is 4.37. The normalized spacial score (nSPS) is 17.7. The smallest absolute Gasteiger partial charge is 0.0667 e. The number of aromatic nitrogens is 2. The number of H-pyrrole nitrogens is 1. The van der Waals surface area contributed by atoms with Crippen molar-refractivity contribution in [3.8, 4) is 0 Å². The van der Waals surface area contributed by atoms with E-state index in [0.29, 0.717) is 6.04 Å². The summed E-state index contributed by atoms with van der Waals surface area (Å²) in [4.78, 5) is 7.99. The zero-order chi connectivity index (χ0) is 14.2. The van der Waals surface area contributed by atoms with Gasteiger partial charge in [0.2, 0.25) is 0 Å². The Labute approximate surface area is 124 Å². The van der Waals surface area contributed by atoms with Gasteiger partial charge in [0, 0.05) is 22.8 Å². The zero-order valence-electron chi connectivity index (χ0n) is 12.2. The number of pyridine rings is 1. The van der Waals surface area contributed by atoms with Gasteiger partial charge in [0.25, 0.3) is 0 Å². The number of fused-ring (bicyclic) bond motifs is 3. The van der Waals surface area contributed by atoms with E-state index in [-0.39, 0.29) is 0 Å². The molecule has 1 aliphatic rings. The average molecular weight is 277 g/mol. The van der Waals surface area contributed by atoms with E-state index in [0.717, 1.165) is 17.8 Å². The fourth-order valence-corrected chi connectivity index (χ4v) is 3.38. The zero-order valence-corrected chi connectivity index (χ0v) is 12.2. The van der Waals surface area contributed by atoms with Crippen molar-refractivity contribution in [1.82, 2.24) is 9.97 Å². The summed E-state index contributed by atoms with van der Waals surface area (Å²) >= 11 is 0. The number of hydrogen-bond donors (Lipinski definition) is 2. The second kappa shape index (κ2) is 4.92. The predicted molar refractivity (Wildman–Crippen MR) is 86.6 cm³/mol. The van der Waals surface area contributed by atoms with Gasteiger partial charge < -0.3 is 10.3 Å². The SMILES string of the molecule is Cc1ncccc1NC1CCCc2c1[nH]c1ccccc21. The second-order valence-corrected chi connectivity index (χ2v) is 5.79. The van der Waals surface area contributed by atoms with Crippen LogP contribution in [0.25, 0.3) is 10.9 Å². The maximum Gasteiger partial charge on any atom is 0.0667 e. The first kappa shape index (κ1) is 12.5. The monoisotopic (exact) mass is 277 g/mol. The third kappa shape index (κ3) is 2.09. The summed E-state index contributed by atoms with van der Waals surface area (Å²) in [5, 5.41) is 5.05. The molecular formula is C18H19N3. The van der Waals surface area contributed by atoms with Crippen LogP contribution in [-0.4, -0.2) is 9.97 Å². The van der Waals surface area contributed by atoms with Crippen molar-refractivity contribution in [3.63, 3.8) is 0 Å². The predicted octanol–water partition coefficient (Wildman–Crippen LogP) is 4.36. The fraction of sp³-hybridized carbons (Fsp3) is 0.278. The van der Waals surface area contributed by atoms with Gasteiger partial charge in [0.05, 0.1) is 17.4 Å². The van der Waals surface area contributed by atoms with Gasteiger partial charge in [-0.15, -0.1) is 0 Å². The summed E-state index contributed by atoms with van der Waals surface area (Å²) in [6, 6.07) is 13.1. The van der Waals surface area contributed by atoms with Gasteiger partial charge in [-0.05, 0) is 49.9 Å². The second-order valence-electron chi connectivity index (χ2n) is 5.79. The van der Waals surface area contributed by atoms with Gasteiger partial charge in [-0.1, -0.05) is 18.2 Å².